The summed E-state index contributed by atoms with van der Waals surface area (Å²) in [4.78, 5) is 4.40. The van der Waals surface area contributed by atoms with E-state index in [-0.39, 0.29) is 0 Å². The Morgan fingerprint density at radius 3 is 2.84 bits per heavy atom. The van der Waals surface area contributed by atoms with E-state index in [1.165, 1.54) is 4.63 Å². The van der Waals surface area contributed by atoms with Crippen molar-refractivity contribution in [2.75, 3.05) is 0 Å². The van der Waals surface area contributed by atoms with E-state index in [4.69, 9.17) is 9.26 Å². The van der Waals surface area contributed by atoms with E-state index in [2.05, 4.69) is 37.7 Å². The lowest BCUT2D eigenvalue weighted by molar-refractivity contribution is 0.375. The van der Waals surface area contributed by atoms with Crippen LogP contribution in [0.2, 0.25) is 0 Å². The lowest BCUT2D eigenvalue weighted by Crippen LogP contribution is -1.97. The molecule has 0 aliphatic rings. The van der Waals surface area contributed by atoms with Crippen molar-refractivity contribution < 1.29 is 9.26 Å². The van der Waals surface area contributed by atoms with E-state index in [0.717, 1.165) is 24.8 Å². The Labute approximate surface area is 142 Å². The third-order valence-electron chi connectivity index (χ3n) is 3.59. The van der Waals surface area contributed by atoms with Gasteiger partial charge in [0.1, 0.15) is 5.75 Å². The Bertz CT molecular complexity index is 977. The molecule has 0 atom stereocenters. The Kier molecular flexibility index (Phi) is 4.03. The molecule has 0 N–H and O–H groups in total. The first kappa shape index (κ1) is 15.2. The average molecular weight is 337 g/mol. The first-order valence-electron chi connectivity index (χ1n) is 7.98. The van der Waals surface area contributed by atoms with E-state index in [0.29, 0.717) is 29.0 Å². The average Bonchev–Trinajstić information content (AvgIpc) is 3.29. The number of hydrogen-bond donors (Lipinski definition) is 0. The van der Waals surface area contributed by atoms with Crippen molar-refractivity contribution in [3.8, 4) is 23.0 Å². The van der Waals surface area contributed by atoms with Gasteiger partial charge < -0.3 is 9.26 Å². The van der Waals surface area contributed by atoms with Crippen LogP contribution in [0.5, 0.6) is 11.6 Å². The molecule has 0 aliphatic carbocycles. The molecule has 25 heavy (non-hydrogen) atoms. The van der Waals surface area contributed by atoms with Gasteiger partial charge in [0.15, 0.2) is 5.65 Å². The quantitative estimate of drug-likeness (QED) is 0.529. The van der Waals surface area contributed by atoms with Crippen LogP contribution >= 0.6 is 0 Å². The Hall–Kier alpha value is -3.36. The molecule has 0 spiro atoms. The molecule has 0 aliphatic heterocycles. The molecule has 126 valence electrons. The SMILES string of the molecule is CCCCc1nc(-c2ccc(Oc3ccc4nnnn4n3)cc2)no1. The van der Waals surface area contributed by atoms with Gasteiger partial charge in [-0.2, -0.15) is 4.98 Å². The van der Waals surface area contributed by atoms with E-state index in [1.54, 1.807) is 12.1 Å². The number of aromatic nitrogens is 7. The largest absolute Gasteiger partial charge is 0.438 e. The third-order valence-corrected chi connectivity index (χ3v) is 3.59. The topological polar surface area (TPSA) is 104 Å². The number of nitrogens with zero attached hydrogens (tertiary/aromatic N) is 7. The Morgan fingerprint density at radius 1 is 1.12 bits per heavy atom. The van der Waals surface area contributed by atoms with E-state index in [1.807, 2.05) is 24.3 Å². The van der Waals surface area contributed by atoms with Gasteiger partial charge in [0.05, 0.1) is 0 Å². The molecule has 4 rings (SSSR count). The Balaban J connectivity index is 1.48. The van der Waals surface area contributed by atoms with Crippen LogP contribution in [0.3, 0.4) is 0 Å². The first-order valence-corrected chi connectivity index (χ1v) is 7.98. The number of hydrogen-bond acceptors (Lipinski definition) is 8. The van der Waals surface area contributed by atoms with Crippen LogP contribution in [0.25, 0.3) is 17.0 Å². The molecule has 0 unspecified atom stereocenters. The molecule has 0 bridgehead atoms. The molecule has 0 fully saturated rings. The van der Waals surface area contributed by atoms with Crippen LogP contribution in [-0.4, -0.2) is 35.4 Å². The zero-order valence-electron chi connectivity index (χ0n) is 13.5. The van der Waals surface area contributed by atoms with Crippen LogP contribution in [0, 0.1) is 0 Å². The van der Waals surface area contributed by atoms with Crippen LogP contribution in [0.4, 0.5) is 0 Å². The van der Waals surface area contributed by atoms with Gasteiger partial charge in [0.2, 0.25) is 17.6 Å². The van der Waals surface area contributed by atoms with E-state index in [9.17, 15) is 0 Å². The smallest absolute Gasteiger partial charge is 0.239 e. The molecule has 1 aromatic carbocycles. The predicted octanol–water partition coefficient (Wildman–Crippen LogP) is 2.70. The molecule has 4 aromatic rings. The standard InChI is InChI=1S/C16H15N7O2/c1-2-3-4-14-17-16(20-25-14)11-5-7-12(8-6-11)24-15-10-9-13-18-21-22-23(13)19-15/h5-10H,2-4H2,1H3. The van der Waals surface area contributed by atoms with Gasteiger partial charge in [-0.25, -0.2) is 0 Å². The second-order valence-electron chi connectivity index (χ2n) is 5.44. The predicted molar refractivity (Wildman–Crippen MR) is 87.0 cm³/mol. The maximum Gasteiger partial charge on any atom is 0.239 e. The monoisotopic (exact) mass is 337 g/mol. The van der Waals surface area contributed by atoms with Gasteiger partial charge in [0.25, 0.3) is 0 Å². The minimum Gasteiger partial charge on any atom is -0.438 e. The van der Waals surface area contributed by atoms with Crippen molar-refractivity contribution in [2.24, 2.45) is 0 Å². The molecule has 9 heteroatoms. The maximum atomic E-state index is 5.71. The highest BCUT2D eigenvalue weighted by Crippen LogP contribution is 2.23. The summed E-state index contributed by atoms with van der Waals surface area (Å²) in [5, 5.41) is 19.2. The second-order valence-corrected chi connectivity index (χ2v) is 5.44. The van der Waals surface area contributed by atoms with Crippen molar-refractivity contribution in [1.29, 1.82) is 0 Å². The van der Waals surface area contributed by atoms with E-state index < -0.39 is 0 Å². The molecular weight excluding hydrogens is 322 g/mol. The summed E-state index contributed by atoms with van der Waals surface area (Å²) in [5.41, 5.74) is 1.42. The molecule has 0 saturated heterocycles. The van der Waals surface area contributed by atoms with Crippen LogP contribution in [-0.2, 0) is 6.42 Å². The molecule has 9 nitrogen and oxygen atoms in total. The number of ether oxygens (including phenoxy) is 1. The fraction of sp³-hybridized carbons (Fsp3) is 0.250. The summed E-state index contributed by atoms with van der Waals surface area (Å²) in [5.74, 6) is 2.27. The summed E-state index contributed by atoms with van der Waals surface area (Å²) in [6.45, 7) is 2.13. The number of benzene rings is 1. The molecule has 0 saturated carbocycles. The maximum absolute atomic E-state index is 5.71. The van der Waals surface area contributed by atoms with Gasteiger partial charge in [-0.3, -0.25) is 0 Å². The Morgan fingerprint density at radius 2 is 2.00 bits per heavy atom. The van der Waals surface area contributed by atoms with Crippen molar-refractivity contribution in [1.82, 2.24) is 35.4 Å². The first-order chi connectivity index (χ1) is 12.3. The number of aryl methyl sites for hydroxylation is 1. The van der Waals surface area contributed by atoms with Gasteiger partial charge in [0, 0.05) is 18.1 Å². The zero-order chi connectivity index (χ0) is 17.1. The highest BCUT2D eigenvalue weighted by atomic mass is 16.5. The normalized spacial score (nSPS) is 11.1. The van der Waals surface area contributed by atoms with Gasteiger partial charge >= 0.3 is 0 Å². The van der Waals surface area contributed by atoms with Crippen LogP contribution in [0.1, 0.15) is 25.7 Å². The van der Waals surface area contributed by atoms with Crippen molar-refractivity contribution in [2.45, 2.75) is 26.2 Å². The fourth-order valence-electron chi connectivity index (χ4n) is 2.28. The minimum atomic E-state index is 0.397. The van der Waals surface area contributed by atoms with Crippen LogP contribution in [0.15, 0.2) is 40.9 Å². The highest BCUT2D eigenvalue weighted by Gasteiger charge is 2.09. The summed E-state index contributed by atoms with van der Waals surface area (Å²) in [6.07, 6.45) is 2.93. The van der Waals surface area contributed by atoms with Crippen molar-refractivity contribution in [3.05, 3.63) is 42.3 Å². The number of tetrazole rings is 1. The van der Waals surface area contributed by atoms with Crippen LogP contribution < -0.4 is 4.74 Å². The van der Waals surface area contributed by atoms with Gasteiger partial charge in [-0.15, -0.1) is 14.8 Å². The lowest BCUT2D eigenvalue weighted by atomic mass is 10.2. The molecule has 3 aromatic heterocycles. The van der Waals surface area contributed by atoms with Crippen molar-refractivity contribution >= 4 is 5.65 Å². The van der Waals surface area contributed by atoms with Gasteiger partial charge in [-0.1, -0.05) is 18.5 Å². The molecule has 0 amide bonds. The minimum absolute atomic E-state index is 0.397. The zero-order valence-corrected chi connectivity index (χ0v) is 13.5. The fourth-order valence-corrected chi connectivity index (χ4v) is 2.28. The van der Waals surface area contributed by atoms with Crippen molar-refractivity contribution in [3.63, 3.8) is 0 Å². The summed E-state index contributed by atoms with van der Waals surface area (Å²) in [6, 6.07) is 10.8. The number of unbranched alkanes of at least 4 members (excludes halogenated alkanes) is 1. The third kappa shape index (κ3) is 3.30. The lowest BCUT2D eigenvalue weighted by Gasteiger charge is -2.04. The summed E-state index contributed by atoms with van der Waals surface area (Å²) < 4.78 is 12.3. The second kappa shape index (κ2) is 6.63. The molecular formula is C16H15N7O2. The number of rotatable bonds is 6. The summed E-state index contributed by atoms with van der Waals surface area (Å²) >= 11 is 0. The molecule has 3 heterocycles. The van der Waals surface area contributed by atoms with E-state index >= 15 is 0 Å². The number of fused-ring (bicyclic) bond motifs is 1. The molecule has 0 radical (unpaired) electrons. The highest BCUT2D eigenvalue weighted by molar-refractivity contribution is 5.55. The van der Waals surface area contributed by atoms with Gasteiger partial charge in [-0.05, 0) is 47.2 Å². The summed E-state index contributed by atoms with van der Waals surface area (Å²) in [7, 11) is 0.